The van der Waals surface area contributed by atoms with Gasteiger partial charge in [-0.25, -0.2) is 4.98 Å². The molecule has 1 amide bonds. The van der Waals surface area contributed by atoms with Crippen LogP contribution in [-0.2, 0) is 10.4 Å². The van der Waals surface area contributed by atoms with Gasteiger partial charge in [0.25, 0.3) is 0 Å². The fraction of sp³-hybridized carbons (Fsp3) is 0.714. The number of likely N-dealkylation sites (tertiary alicyclic amines) is 1. The van der Waals surface area contributed by atoms with Gasteiger partial charge in [-0.2, -0.15) is 23.5 Å². The molecule has 0 aromatic carbocycles. The van der Waals surface area contributed by atoms with Crippen molar-refractivity contribution < 1.29 is 9.90 Å². The number of hydrogen-bond acceptors (Lipinski definition) is 6. The number of halogens is 1. The van der Waals surface area contributed by atoms with Crippen molar-refractivity contribution in [2.24, 2.45) is 0 Å². The van der Waals surface area contributed by atoms with Crippen LogP contribution in [0.1, 0.15) is 24.1 Å². The normalized spacial score (nSPS) is 25.2. The Morgan fingerprint density at radius 3 is 2.82 bits per heavy atom. The summed E-state index contributed by atoms with van der Waals surface area (Å²) in [6, 6.07) is 0. The summed E-state index contributed by atoms with van der Waals surface area (Å²) >= 11 is 8.75. The van der Waals surface area contributed by atoms with Gasteiger partial charge in [0, 0.05) is 42.0 Å². The van der Waals surface area contributed by atoms with Gasteiger partial charge in [0.15, 0.2) is 0 Å². The number of carbonyl (C=O) groups is 1. The Morgan fingerprint density at radius 1 is 1.45 bits per heavy atom. The average molecular weight is 423 g/mol. The highest BCUT2D eigenvalue weighted by molar-refractivity contribution is 9.10. The number of hydrogen-bond donors (Lipinski definition) is 1. The van der Waals surface area contributed by atoms with Gasteiger partial charge >= 0.3 is 0 Å². The van der Waals surface area contributed by atoms with Crippen LogP contribution in [0.5, 0.6) is 0 Å². The molecule has 2 saturated heterocycles. The van der Waals surface area contributed by atoms with Gasteiger partial charge in [-0.15, -0.1) is 11.3 Å². The van der Waals surface area contributed by atoms with Gasteiger partial charge in [0.05, 0.1) is 10.4 Å². The van der Waals surface area contributed by atoms with E-state index in [-0.39, 0.29) is 5.91 Å². The van der Waals surface area contributed by atoms with Crippen molar-refractivity contribution in [3.63, 3.8) is 0 Å². The number of carbonyl (C=O) groups excluding carboxylic acids is 1. The number of aromatic nitrogens is 1. The van der Waals surface area contributed by atoms with Crippen LogP contribution in [0, 0.1) is 0 Å². The zero-order chi connectivity index (χ0) is 15.6. The van der Waals surface area contributed by atoms with E-state index in [1.807, 2.05) is 28.4 Å². The highest BCUT2D eigenvalue weighted by Crippen LogP contribution is 2.39. The first-order chi connectivity index (χ1) is 10.6. The minimum atomic E-state index is -0.841. The fourth-order valence-corrected chi connectivity index (χ4v) is 7.26. The van der Waals surface area contributed by atoms with E-state index in [9.17, 15) is 9.90 Å². The number of thioether (sulfide) groups is 2. The standard InChI is InChI=1S/C14H19BrN2O2S3/c15-13-12(22-9-16-13)14(19)1-3-17(4-2-14)11(18)7-10-8-20-5-6-21-10/h9-10,19H,1-8H2. The monoisotopic (exact) mass is 422 g/mol. The van der Waals surface area contributed by atoms with Crippen LogP contribution in [-0.4, -0.2) is 56.5 Å². The van der Waals surface area contributed by atoms with Crippen LogP contribution >= 0.6 is 50.8 Å². The van der Waals surface area contributed by atoms with E-state index in [1.165, 1.54) is 17.1 Å². The molecule has 0 bridgehead atoms. The van der Waals surface area contributed by atoms with Crippen molar-refractivity contribution in [1.82, 2.24) is 9.88 Å². The molecular weight excluding hydrogens is 404 g/mol. The lowest BCUT2D eigenvalue weighted by Crippen LogP contribution is -2.45. The second kappa shape index (κ2) is 7.42. The Kier molecular flexibility index (Phi) is 5.76. The molecule has 3 rings (SSSR count). The lowest BCUT2D eigenvalue weighted by Gasteiger charge is -2.38. The number of aliphatic hydroxyl groups is 1. The largest absolute Gasteiger partial charge is 0.384 e. The third-order valence-electron chi connectivity index (χ3n) is 4.18. The van der Waals surface area contributed by atoms with E-state index in [0.717, 1.165) is 21.0 Å². The minimum absolute atomic E-state index is 0.241. The SMILES string of the molecule is O=C(CC1CSCCS1)N1CCC(O)(c2scnc2Br)CC1. The molecule has 2 aliphatic heterocycles. The molecule has 1 N–H and O–H groups in total. The molecule has 1 aromatic heterocycles. The van der Waals surface area contributed by atoms with Gasteiger partial charge in [-0.3, -0.25) is 4.79 Å². The molecule has 3 heterocycles. The summed E-state index contributed by atoms with van der Waals surface area (Å²) in [6.45, 7) is 1.26. The van der Waals surface area contributed by atoms with Crippen LogP contribution in [0.2, 0.25) is 0 Å². The second-order valence-corrected chi connectivity index (χ2v) is 9.82. The summed E-state index contributed by atoms with van der Waals surface area (Å²) in [6.07, 6.45) is 1.82. The van der Waals surface area contributed by atoms with Gasteiger partial charge in [0.2, 0.25) is 5.91 Å². The molecule has 122 valence electrons. The van der Waals surface area contributed by atoms with Gasteiger partial charge in [-0.05, 0) is 28.8 Å². The maximum Gasteiger partial charge on any atom is 0.223 e. The summed E-state index contributed by atoms with van der Waals surface area (Å²) < 4.78 is 0.732. The van der Waals surface area contributed by atoms with E-state index < -0.39 is 5.60 Å². The van der Waals surface area contributed by atoms with Crippen molar-refractivity contribution >= 4 is 56.7 Å². The van der Waals surface area contributed by atoms with Crippen LogP contribution in [0.15, 0.2) is 10.1 Å². The number of thiazole rings is 1. The number of piperidine rings is 1. The van der Waals surface area contributed by atoms with E-state index >= 15 is 0 Å². The molecule has 0 aliphatic carbocycles. The molecule has 22 heavy (non-hydrogen) atoms. The predicted molar refractivity (Wildman–Crippen MR) is 97.7 cm³/mol. The van der Waals surface area contributed by atoms with Crippen LogP contribution in [0.3, 0.4) is 0 Å². The first-order valence-electron chi connectivity index (χ1n) is 7.37. The van der Waals surface area contributed by atoms with Gasteiger partial charge in [-0.1, -0.05) is 0 Å². The third kappa shape index (κ3) is 3.83. The Morgan fingerprint density at radius 2 is 2.23 bits per heavy atom. The average Bonchev–Trinajstić information content (AvgIpc) is 2.96. The second-order valence-electron chi connectivity index (χ2n) is 5.66. The molecule has 4 nitrogen and oxygen atoms in total. The fourth-order valence-electron chi connectivity index (χ4n) is 2.87. The van der Waals surface area contributed by atoms with Crippen LogP contribution in [0.4, 0.5) is 0 Å². The van der Waals surface area contributed by atoms with Crippen molar-refractivity contribution in [3.8, 4) is 0 Å². The number of nitrogens with zero attached hydrogens (tertiary/aromatic N) is 2. The maximum absolute atomic E-state index is 12.4. The topological polar surface area (TPSA) is 53.4 Å². The molecule has 2 aliphatic rings. The maximum atomic E-state index is 12.4. The van der Waals surface area contributed by atoms with Crippen LogP contribution < -0.4 is 0 Å². The first kappa shape index (κ1) is 17.1. The Balaban J connectivity index is 1.55. The Labute approximate surface area is 151 Å². The lowest BCUT2D eigenvalue weighted by atomic mass is 9.90. The molecule has 0 saturated carbocycles. The van der Waals surface area contributed by atoms with Gasteiger partial charge < -0.3 is 10.0 Å². The molecule has 1 aromatic rings. The molecular formula is C14H19BrN2O2S3. The van der Waals surface area contributed by atoms with E-state index in [1.54, 1.807) is 5.51 Å². The summed E-state index contributed by atoms with van der Waals surface area (Å²) in [5, 5.41) is 11.3. The summed E-state index contributed by atoms with van der Waals surface area (Å²) in [5.74, 6) is 3.69. The summed E-state index contributed by atoms with van der Waals surface area (Å²) in [4.78, 5) is 19.4. The Bertz CT molecular complexity index is 526. The molecule has 2 fully saturated rings. The zero-order valence-corrected chi connectivity index (χ0v) is 16.2. The predicted octanol–water partition coefficient (Wildman–Crippen LogP) is 2.95. The lowest BCUT2D eigenvalue weighted by molar-refractivity contribution is -0.135. The minimum Gasteiger partial charge on any atom is -0.384 e. The van der Waals surface area contributed by atoms with E-state index in [0.29, 0.717) is 37.6 Å². The number of rotatable bonds is 3. The van der Waals surface area contributed by atoms with Crippen LogP contribution in [0.25, 0.3) is 0 Å². The molecule has 1 unspecified atom stereocenters. The first-order valence-corrected chi connectivity index (χ1v) is 11.2. The molecule has 8 heteroatoms. The van der Waals surface area contributed by atoms with Crippen molar-refractivity contribution in [3.05, 3.63) is 15.0 Å². The smallest absolute Gasteiger partial charge is 0.223 e. The third-order valence-corrected chi connectivity index (χ3v) is 8.91. The highest BCUT2D eigenvalue weighted by Gasteiger charge is 2.38. The highest BCUT2D eigenvalue weighted by atomic mass is 79.9. The van der Waals surface area contributed by atoms with Crippen molar-refractivity contribution in [1.29, 1.82) is 0 Å². The molecule has 0 spiro atoms. The van der Waals surface area contributed by atoms with Crippen molar-refractivity contribution in [2.45, 2.75) is 30.1 Å². The molecule has 1 atom stereocenters. The number of amides is 1. The zero-order valence-electron chi connectivity index (χ0n) is 12.2. The quantitative estimate of drug-likeness (QED) is 0.810. The summed E-state index contributed by atoms with van der Waals surface area (Å²) in [5.41, 5.74) is 0.902. The van der Waals surface area contributed by atoms with Crippen molar-refractivity contribution in [2.75, 3.05) is 30.3 Å². The van der Waals surface area contributed by atoms with E-state index in [4.69, 9.17) is 0 Å². The molecule has 0 radical (unpaired) electrons. The van der Waals surface area contributed by atoms with E-state index in [2.05, 4.69) is 20.9 Å². The Hall–Kier alpha value is 0.240. The summed E-state index contributed by atoms with van der Waals surface area (Å²) in [7, 11) is 0. The van der Waals surface area contributed by atoms with Gasteiger partial charge in [0.1, 0.15) is 10.2 Å².